The predicted molar refractivity (Wildman–Crippen MR) is 58.1 cm³/mol. The maximum absolute atomic E-state index is 13.2. The molecule has 1 aromatic carbocycles. The molecule has 0 aliphatic carbocycles. The Kier molecular flexibility index (Phi) is 3.90. The molecule has 1 rings (SSSR count). The van der Waals surface area contributed by atoms with E-state index in [-0.39, 0.29) is 16.9 Å². The zero-order valence-electron chi connectivity index (χ0n) is 8.48. The van der Waals surface area contributed by atoms with Crippen molar-refractivity contribution in [1.82, 2.24) is 0 Å². The number of benzene rings is 1. The van der Waals surface area contributed by atoms with Gasteiger partial charge in [0.1, 0.15) is 5.82 Å². The lowest BCUT2D eigenvalue weighted by atomic mass is 10.0. The van der Waals surface area contributed by atoms with Crippen LogP contribution in [0.2, 0.25) is 5.02 Å². The summed E-state index contributed by atoms with van der Waals surface area (Å²) in [6, 6.07) is 3.66. The highest BCUT2D eigenvalue weighted by atomic mass is 35.5. The fourth-order valence-electron chi connectivity index (χ4n) is 1.34. The average molecular weight is 216 g/mol. The first-order chi connectivity index (χ1) is 6.50. The van der Waals surface area contributed by atoms with Crippen LogP contribution in [-0.2, 0) is 6.42 Å². The molecule has 1 atom stereocenters. The van der Waals surface area contributed by atoms with Crippen LogP contribution in [0.4, 0.5) is 4.39 Å². The lowest BCUT2D eigenvalue weighted by molar-refractivity contribution is 0.616. The van der Waals surface area contributed by atoms with Gasteiger partial charge in [-0.3, -0.25) is 0 Å². The Bertz CT molecular complexity index is 300. The standard InChI is InChI=1S/C11H15ClFN/c1-7-5-9(4-3-8(2)14)6-10(12)11(7)13/h5-6,8H,3-4,14H2,1-2H3. The van der Waals surface area contributed by atoms with Crippen LogP contribution in [-0.4, -0.2) is 6.04 Å². The zero-order chi connectivity index (χ0) is 10.7. The Morgan fingerprint density at radius 1 is 1.50 bits per heavy atom. The van der Waals surface area contributed by atoms with Gasteiger partial charge in [-0.1, -0.05) is 17.7 Å². The van der Waals surface area contributed by atoms with Gasteiger partial charge in [-0.25, -0.2) is 4.39 Å². The Hall–Kier alpha value is -0.600. The van der Waals surface area contributed by atoms with E-state index in [2.05, 4.69) is 0 Å². The van der Waals surface area contributed by atoms with Crippen molar-refractivity contribution in [2.24, 2.45) is 5.73 Å². The molecule has 1 nitrogen and oxygen atoms in total. The van der Waals surface area contributed by atoms with Gasteiger partial charge in [-0.15, -0.1) is 0 Å². The highest BCUT2D eigenvalue weighted by Crippen LogP contribution is 2.21. The molecule has 3 heteroatoms. The summed E-state index contributed by atoms with van der Waals surface area (Å²) in [4.78, 5) is 0. The van der Waals surface area contributed by atoms with E-state index in [1.165, 1.54) is 0 Å². The van der Waals surface area contributed by atoms with Crippen molar-refractivity contribution in [3.63, 3.8) is 0 Å². The van der Waals surface area contributed by atoms with Gasteiger partial charge < -0.3 is 5.73 Å². The second-order valence-electron chi connectivity index (χ2n) is 3.72. The molecule has 0 heterocycles. The molecule has 0 saturated carbocycles. The van der Waals surface area contributed by atoms with Crippen molar-refractivity contribution in [1.29, 1.82) is 0 Å². The van der Waals surface area contributed by atoms with E-state index in [1.54, 1.807) is 13.0 Å². The third-order valence-corrected chi connectivity index (χ3v) is 2.43. The number of nitrogens with two attached hydrogens (primary N) is 1. The number of aryl methyl sites for hydroxylation is 2. The fourth-order valence-corrected chi connectivity index (χ4v) is 1.63. The number of hydrogen-bond donors (Lipinski definition) is 1. The summed E-state index contributed by atoms with van der Waals surface area (Å²) in [5.41, 5.74) is 7.28. The lowest BCUT2D eigenvalue weighted by Gasteiger charge is -2.07. The van der Waals surface area contributed by atoms with E-state index in [9.17, 15) is 4.39 Å². The molecule has 0 saturated heterocycles. The molecule has 0 radical (unpaired) electrons. The molecule has 0 bridgehead atoms. The minimum Gasteiger partial charge on any atom is -0.328 e. The van der Waals surface area contributed by atoms with E-state index < -0.39 is 0 Å². The van der Waals surface area contributed by atoms with Crippen molar-refractivity contribution in [3.8, 4) is 0 Å². The van der Waals surface area contributed by atoms with E-state index in [4.69, 9.17) is 17.3 Å². The Morgan fingerprint density at radius 3 is 2.64 bits per heavy atom. The molecule has 78 valence electrons. The molecular weight excluding hydrogens is 201 g/mol. The first-order valence-electron chi connectivity index (χ1n) is 4.71. The average Bonchev–Trinajstić information content (AvgIpc) is 2.10. The third-order valence-electron chi connectivity index (χ3n) is 2.16. The van der Waals surface area contributed by atoms with Crippen molar-refractivity contribution >= 4 is 11.6 Å². The molecule has 14 heavy (non-hydrogen) atoms. The summed E-state index contributed by atoms with van der Waals surface area (Å²) in [6.07, 6.45) is 1.74. The number of rotatable bonds is 3. The zero-order valence-corrected chi connectivity index (χ0v) is 9.24. The summed E-state index contributed by atoms with van der Waals surface area (Å²) >= 11 is 5.73. The molecule has 0 aliphatic heterocycles. The lowest BCUT2D eigenvalue weighted by Crippen LogP contribution is -2.15. The first-order valence-corrected chi connectivity index (χ1v) is 5.08. The van der Waals surface area contributed by atoms with E-state index in [0.717, 1.165) is 18.4 Å². The number of hydrogen-bond acceptors (Lipinski definition) is 1. The summed E-state index contributed by atoms with van der Waals surface area (Å²) in [6.45, 7) is 3.68. The van der Waals surface area contributed by atoms with Crippen molar-refractivity contribution in [2.45, 2.75) is 32.7 Å². The van der Waals surface area contributed by atoms with E-state index in [1.807, 2.05) is 13.0 Å². The molecule has 0 aliphatic rings. The monoisotopic (exact) mass is 215 g/mol. The molecule has 0 amide bonds. The van der Waals surface area contributed by atoms with E-state index in [0.29, 0.717) is 5.56 Å². The quantitative estimate of drug-likeness (QED) is 0.824. The third kappa shape index (κ3) is 2.96. The topological polar surface area (TPSA) is 26.0 Å². The van der Waals surface area contributed by atoms with Gasteiger partial charge in [0.15, 0.2) is 0 Å². The Morgan fingerprint density at radius 2 is 2.14 bits per heavy atom. The Balaban J connectivity index is 2.79. The van der Waals surface area contributed by atoms with Crippen LogP contribution < -0.4 is 5.73 Å². The van der Waals surface area contributed by atoms with Gasteiger partial charge >= 0.3 is 0 Å². The smallest absolute Gasteiger partial charge is 0.144 e. The predicted octanol–water partition coefficient (Wildman–Crippen LogP) is 3.07. The Labute approximate surface area is 89.1 Å². The van der Waals surface area contributed by atoms with Gasteiger partial charge in [0.05, 0.1) is 5.02 Å². The summed E-state index contributed by atoms with van der Waals surface area (Å²) < 4.78 is 13.2. The van der Waals surface area contributed by atoms with Gasteiger partial charge in [0.25, 0.3) is 0 Å². The first kappa shape index (κ1) is 11.5. The van der Waals surface area contributed by atoms with Gasteiger partial charge in [0.2, 0.25) is 0 Å². The highest BCUT2D eigenvalue weighted by molar-refractivity contribution is 6.30. The van der Waals surface area contributed by atoms with Gasteiger partial charge in [-0.05, 0) is 43.9 Å². The summed E-state index contributed by atoms with van der Waals surface area (Å²) in [5.74, 6) is -0.323. The SMILES string of the molecule is Cc1cc(CCC(C)N)cc(Cl)c1F. The maximum atomic E-state index is 13.2. The molecule has 0 spiro atoms. The minimum absolute atomic E-state index is 0.166. The molecule has 1 aromatic rings. The highest BCUT2D eigenvalue weighted by Gasteiger charge is 2.06. The molecule has 2 N–H and O–H groups in total. The maximum Gasteiger partial charge on any atom is 0.144 e. The van der Waals surface area contributed by atoms with Crippen LogP contribution >= 0.6 is 11.6 Å². The van der Waals surface area contributed by atoms with Crippen LogP contribution in [0.25, 0.3) is 0 Å². The second-order valence-corrected chi connectivity index (χ2v) is 4.13. The van der Waals surface area contributed by atoms with Crippen LogP contribution in [0.15, 0.2) is 12.1 Å². The normalized spacial score (nSPS) is 12.9. The fraction of sp³-hybridized carbons (Fsp3) is 0.455. The molecule has 1 unspecified atom stereocenters. The van der Waals surface area contributed by atoms with Gasteiger partial charge in [-0.2, -0.15) is 0 Å². The van der Waals surface area contributed by atoms with Crippen LogP contribution in [0.5, 0.6) is 0 Å². The van der Waals surface area contributed by atoms with Crippen molar-refractivity contribution in [3.05, 3.63) is 34.1 Å². The van der Waals surface area contributed by atoms with Crippen molar-refractivity contribution < 1.29 is 4.39 Å². The van der Waals surface area contributed by atoms with Crippen molar-refractivity contribution in [2.75, 3.05) is 0 Å². The van der Waals surface area contributed by atoms with Crippen LogP contribution in [0.3, 0.4) is 0 Å². The second kappa shape index (κ2) is 4.76. The van der Waals surface area contributed by atoms with Crippen LogP contribution in [0.1, 0.15) is 24.5 Å². The summed E-state index contributed by atoms with van der Waals surface area (Å²) in [5, 5.41) is 0.199. The largest absolute Gasteiger partial charge is 0.328 e. The van der Waals surface area contributed by atoms with Gasteiger partial charge in [0, 0.05) is 6.04 Å². The molecule has 0 fully saturated rings. The minimum atomic E-state index is -0.323. The number of halogens is 2. The van der Waals surface area contributed by atoms with E-state index >= 15 is 0 Å². The molecular formula is C11H15ClFN. The summed E-state index contributed by atoms with van der Waals surface area (Å²) in [7, 11) is 0. The van der Waals surface area contributed by atoms with Crippen LogP contribution in [0, 0.1) is 12.7 Å². The molecule has 0 aromatic heterocycles.